The highest BCUT2D eigenvalue weighted by Crippen LogP contribution is 2.36. The Morgan fingerprint density at radius 3 is 3.06 bits per heavy atom. The van der Waals surface area contributed by atoms with Crippen LogP contribution in [0.4, 0.5) is 10.1 Å². The Bertz CT molecular complexity index is 1150. The lowest BCUT2D eigenvalue weighted by Gasteiger charge is -2.37. The van der Waals surface area contributed by atoms with Crippen molar-refractivity contribution >= 4 is 17.2 Å². The lowest BCUT2D eigenvalue weighted by Crippen LogP contribution is -2.51. The van der Waals surface area contributed by atoms with Crippen molar-refractivity contribution in [3.05, 3.63) is 42.5 Å². The van der Waals surface area contributed by atoms with E-state index in [0.29, 0.717) is 60.9 Å². The van der Waals surface area contributed by atoms with Crippen LogP contribution < -0.4 is 10.1 Å². The summed E-state index contributed by atoms with van der Waals surface area (Å²) in [7, 11) is 1.55. The summed E-state index contributed by atoms with van der Waals surface area (Å²) in [6.07, 6.45) is 4.19. The van der Waals surface area contributed by atoms with E-state index in [-0.39, 0.29) is 11.7 Å². The molecule has 1 aromatic carbocycles. The van der Waals surface area contributed by atoms with Gasteiger partial charge in [-0.15, -0.1) is 0 Å². The van der Waals surface area contributed by atoms with Gasteiger partial charge in [0.15, 0.2) is 5.65 Å². The first-order valence-corrected chi connectivity index (χ1v) is 10.4. The molecule has 9 heteroatoms. The predicted molar refractivity (Wildman–Crippen MR) is 113 cm³/mol. The van der Waals surface area contributed by atoms with E-state index in [2.05, 4.69) is 15.4 Å². The molecule has 1 amide bonds. The lowest BCUT2D eigenvalue weighted by molar-refractivity contribution is -0.138. The van der Waals surface area contributed by atoms with Crippen molar-refractivity contribution < 1.29 is 18.7 Å². The van der Waals surface area contributed by atoms with Crippen LogP contribution in [0.25, 0.3) is 16.8 Å². The van der Waals surface area contributed by atoms with Crippen LogP contribution in [-0.4, -0.2) is 63.9 Å². The van der Waals surface area contributed by atoms with Crippen LogP contribution in [0.3, 0.4) is 0 Å². The minimum Gasteiger partial charge on any atom is -0.475 e. The number of rotatable bonds is 2. The molecule has 2 aliphatic rings. The molecule has 0 saturated carbocycles. The Kier molecular flexibility index (Phi) is 4.77. The standard InChI is InChI=1S/C22H24FN5O3/c1-3-22-11-18(30-2)21(29)27(22)7-5-24-16-9-14(8-15(23)10-16)17-12-25-28-6-4-19(31-13-22)26-20(17)28/h4,6,8-10,12,18,24H,3,5,7,11,13H2,1-2H3/t18-,22?/m1/s1. The number of nitrogens with one attached hydrogen (secondary N) is 1. The third kappa shape index (κ3) is 3.29. The maximum absolute atomic E-state index is 14.4. The number of fused-ring (bicyclic) bond motifs is 5. The number of carbonyl (C=O) groups is 1. The molecule has 2 aliphatic heterocycles. The van der Waals surface area contributed by atoms with E-state index >= 15 is 0 Å². The Labute approximate surface area is 179 Å². The topological polar surface area (TPSA) is 81.0 Å². The van der Waals surface area contributed by atoms with Crippen LogP contribution in [0.5, 0.6) is 5.88 Å². The minimum absolute atomic E-state index is 0.0525. The van der Waals surface area contributed by atoms with Gasteiger partial charge in [0.25, 0.3) is 5.91 Å². The number of hydrogen-bond donors (Lipinski definition) is 1. The molecule has 4 bridgehead atoms. The number of benzene rings is 1. The molecule has 4 heterocycles. The van der Waals surface area contributed by atoms with E-state index in [1.165, 1.54) is 12.1 Å². The zero-order chi connectivity index (χ0) is 21.6. The fraction of sp³-hybridized carbons (Fsp3) is 0.409. The van der Waals surface area contributed by atoms with Gasteiger partial charge in [-0.1, -0.05) is 6.92 Å². The van der Waals surface area contributed by atoms with Crippen molar-refractivity contribution in [2.24, 2.45) is 0 Å². The summed E-state index contributed by atoms with van der Waals surface area (Å²) in [5.41, 5.74) is 2.08. The molecule has 2 aromatic heterocycles. The van der Waals surface area contributed by atoms with E-state index in [0.717, 1.165) is 0 Å². The molecule has 31 heavy (non-hydrogen) atoms. The maximum atomic E-state index is 14.4. The number of carbonyl (C=O) groups excluding carboxylic acids is 1. The first-order chi connectivity index (χ1) is 15.0. The summed E-state index contributed by atoms with van der Waals surface area (Å²) >= 11 is 0. The molecule has 3 aromatic rings. The van der Waals surface area contributed by atoms with Crippen LogP contribution in [0, 0.1) is 5.82 Å². The van der Waals surface area contributed by atoms with Gasteiger partial charge in [-0.2, -0.15) is 10.1 Å². The maximum Gasteiger partial charge on any atom is 0.252 e. The predicted octanol–water partition coefficient (Wildman–Crippen LogP) is 2.74. The average Bonchev–Trinajstić information content (AvgIpc) is 3.31. The van der Waals surface area contributed by atoms with Crippen molar-refractivity contribution in [1.82, 2.24) is 19.5 Å². The molecule has 5 rings (SSSR count). The molecule has 8 nitrogen and oxygen atoms in total. The molecule has 1 N–H and O–H groups in total. The molecular formula is C22H24FN5O3. The highest BCUT2D eigenvalue weighted by Gasteiger charge is 2.50. The number of anilines is 1. The number of nitrogens with zero attached hydrogens (tertiary/aromatic N) is 4. The fourth-order valence-electron chi connectivity index (χ4n) is 4.56. The van der Waals surface area contributed by atoms with Gasteiger partial charge in [-0.3, -0.25) is 4.79 Å². The Morgan fingerprint density at radius 2 is 2.26 bits per heavy atom. The molecule has 0 spiro atoms. The SMILES string of the molecule is CCC12COc3ccn4ncc(c4n3)-c3cc(F)cc(c3)NCCN1C(=O)[C@H](OC)C2. The summed E-state index contributed by atoms with van der Waals surface area (Å²) in [4.78, 5) is 19.5. The molecule has 0 aliphatic carbocycles. The largest absolute Gasteiger partial charge is 0.475 e. The average molecular weight is 425 g/mol. The van der Waals surface area contributed by atoms with Gasteiger partial charge in [-0.05, 0) is 30.2 Å². The summed E-state index contributed by atoms with van der Waals surface area (Å²) in [6.45, 7) is 3.28. The zero-order valence-electron chi connectivity index (χ0n) is 17.5. The molecule has 1 saturated heterocycles. The molecule has 0 radical (unpaired) electrons. The number of ether oxygens (including phenoxy) is 2. The Morgan fingerprint density at radius 1 is 1.39 bits per heavy atom. The summed E-state index contributed by atoms with van der Waals surface area (Å²) in [5, 5.41) is 7.59. The molecule has 2 atom stereocenters. The highest BCUT2D eigenvalue weighted by molar-refractivity contribution is 5.84. The number of aromatic nitrogens is 3. The van der Waals surface area contributed by atoms with Gasteiger partial charge < -0.3 is 19.7 Å². The Hall–Kier alpha value is -3.20. The normalized spacial score (nSPS) is 23.4. The Balaban J connectivity index is 1.62. The minimum atomic E-state index is -0.506. The molecule has 1 fully saturated rings. The van der Waals surface area contributed by atoms with Crippen molar-refractivity contribution in [2.45, 2.75) is 31.4 Å². The second-order valence-electron chi connectivity index (χ2n) is 8.03. The van der Waals surface area contributed by atoms with Gasteiger partial charge in [0.05, 0.1) is 11.7 Å². The van der Waals surface area contributed by atoms with Crippen LogP contribution in [0.2, 0.25) is 0 Å². The highest BCUT2D eigenvalue weighted by atomic mass is 19.1. The number of hydrogen-bond acceptors (Lipinski definition) is 6. The summed E-state index contributed by atoms with van der Waals surface area (Å²) in [6, 6.07) is 6.50. The summed E-state index contributed by atoms with van der Waals surface area (Å²) < 4.78 is 27.6. The van der Waals surface area contributed by atoms with Gasteiger partial charge in [0, 0.05) is 50.1 Å². The van der Waals surface area contributed by atoms with Gasteiger partial charge in [0.2, 0.25) is 5.88 Å². The second kappa shape index (κ2) is 7.49. The lowest BCUT2D eigenvalue weighted by atomic mass is 9.93. The first kappa shape index (κ1) is 19.7. The van der Waals surface area contributed by atoms with Crippen LogP contribution in [0.1, 0.15) is 19.8 Å². The van der Waals surface area contributed by atoms with Crippen molar-refractivity contribution in [3.8, 4) is 17.0 Å². The molecule has 1 unspecified atom stereocenters. The van der Waals surface area contributed by atoms with E-state index in [1.54, 1.807) is 30.1 Å². The van der Waals surface area contributed by atoms with Gasteiger partial charge in [0.1, 0.15) is 18.5 Å². The van der Waals surface area contributed by atoms with Crippen LogP contribution >= 0.6 is 0 Å². The number of halogens is 1. The van der Waals surface area contributed by atoms with Gasteiger partial charge >= 0.3 is 0 Å². The smallest absolute Gasteiger partial charge is 0.252 e. The van der Waals surface area contributed by atoms with Crippen LogP contribution in [-0.2, 0) is 9.53 Å². The van der Waals surface area contributed by atoms with E-state index in [4.69, 9.17) is 9.47 Å². The van der Waals surface area contributed by atoms with Crippen molar-refractivity contribution in [3.63, 3.8) is 0 Å². The van der Waals surface area contributed by atoms with E-state index in [9.17, 15) is 9.18 Å². The van der Waals surface area contributed by atoms with Crippen molar-refractivity contribution in [2.75, 3.05) is 32.1 Å². The van der Waals surface area contributed by atoms with Crippen LogP contribution in [0.15, 0.2) is 36.7 Å². The third-order valence-corrected chi connectivity index (χ3v) is 6.33. The van der Waals surface area contributed by atoms with E-state index in [1.807, 2.05) is 17.9 Å². The van der Waals surface area contributed by atoms with E-state index < -0.39 is 11.6 Å². The number of amides is 1. The molecule has 162 valence electrons. The monoisotopic (exact) mass is 425 g/mol. The summed E-state index contributed by atoms with van der Waals surface area (Å²) in [5.74, 6) is 0.0175. The fourth-order valence-corrected chi connectivity index (χ4v) is 4.56. The molecular weight excluding hydrogens is 401 g/mol. The zero-order valence-corrected chi connectivity index (χ0v) is 17.5. The second-order valence-corrected chi connectivity index (χ2v) is 8.03. The van der Waals surface area contributed by atoms with Crippen molar-refractivity contribution in [1.29, 1.82) is 0 Å². The van der Waals surface area contributed by atoms with Gasteiger partial charge in [-0.25, -0.2) is 8.91 Å². The first-order valence-electron chi connectivity index (χ1n) is 10.4. The quantitative estimate of drug-likeness (QED) is 0.680. The third-order valence-electron chi connectivity index (χ3n) is 6.33. The number of methoxy groups -OCH3 is 1.